The zero-order valence-electron chi connectivity index (χ0n) is 19.3. The second-order valence-corrected chi connectivity index (χ2v) is 10.5. The number of hydrogen-bond donors (Lipinski definition) is 0. The lowest BCUT2D eigenvalue weighted by Gasteiger charge is -2.17. The van der Waals surface area contributed by atoms with Crippen molar-refractivity contribution in [2.75, 3.05) is 25.4 Å². The van der Waals surface area contributed by atoms with Crippen LogP contribution >= 0.6 is 11.8 Å². The van der Waals surface area contributed by atoms with E-state index in [9.17, 15) is 13.2 Å². The maximum absolute atomic E-state index is 13.5. The third-order valence-corrected chi connectivity index (χ3v) is 8.33. The fourth-order valence-corrected chi connectivity index (χ4v) is 6.15. The Hall–Kier alpha value is -2.39. The molecule has 5 nitrogen and oxygen atoms in total. The molecule has 1 aliphatic carbocycles. The van der Waals surface area contributed by atoms with Gasteiger partial charge in [-0.15, -0.1) is 10.2 Å². The predicted molar refractivity (Wildman–Crippen MR) is 127 cm³/mol. The topological polar surface area (TPSA) is 46.8 Å². The summed E-state index contributed by atoms with van der Waals surface area (Å²) in [5, 5.41) is 9.58. The third-order valence-electron chi connectivity index (χ3n) is 7.23. The molecule has 0 radical (unpaired) electrons. The normalized spacial score (nSPS) is 22.6. The summed E-state index contributed by atoms with van der Waals surface area (Å²) in [5.41, 5.74) is 1.95. The van der Waals surface area contributed by atoms with Gasteiger partial charge in [-0.05, 0) is 74.4 Å². The highest BCUT2D eigenvalue weighted by molar-refractivity contribution is 7.99. The molecular formula is C25H28F3N5S. The van der Waals surface area contributed by atoms with Crippen LogP contribution in [-0.4, -0.2) is 50.0 Å². The van der Waals surface area contributed by atoms with Gasteiger partial charge in [0.2, 0.25) is 0 Å². The molecule has 5 rings (SSSR count). The molecule has 3 aromatic rings. The molecule has 0 N–H and O–H groups in total. The molecular weight excluding hydrogens is 459 g/mol. The van der Waals surface area contributed by atoms with Gasteiger partial charge < -0.3 is 9.47 Å². The summed E-state index contributed by atoms with van der Waals surface area (Å²) in [5.74, 6) is 1.76. The lowest BCUT2D eigenvalue weighted by molar-refractivity contribution is -0.138. The quantitative estimate of drug-likeness (QED) is 0.322. The molecule has 0 bridgehead atoms. The molecule has 1 aliphatic heterocycles. The van der Waals surface area contributed by atoms with Gasteiger partial charge in [0.15, 0.2) is 11.0 Å². The van der Waals surface area contributed by atoms with Crippen LogP contribution in [0.3, 0.4) is 0 Å². The number of likely N-dealkylation sites (tertiary alicyclic amines) is 1. The van der Waals surface area contributed by atoms with Crippen LogP contribution < -0.4 is 0 Å². The lowest BCUT2D eigenvalue weighted by Crippen LogP contribution is -2.23. The summed E-state index contributed by atoms with van der Waals surface area (Å²) >= 11 is 1.69. The van der Waals surface area contributed by atoms with Gasteiger partial charge in [-0.1, -0.05) is 30.0 Å². The Labute approximate surface area is 201 Å². The molecule has 1 saturated heterocycles. The van der Waals surface area contributed by atoms with Gasteiger partial charge in [0.25, 0.3) is 0 Å². The Morgan fingerprint density at radius 3 is 2.76 bits per heavy atom. The van der Waals surface area contributed by atoms with Crippen molar-refractivity contribution in [2.24, 2.45) is 12.5 Å². The summed E-state index contributed by atoms with van der Waals surface area (Å²) in [7, 11) is 1.97. The average molecular weight is 488 g/mol. The Kier molecular flexibility index (Phi) is 6.18. The number of rotatable bonds is 7. The number of hydrogen-bond acceptors (Lipinski definition) is 5. The average Bonchev–Trinajstić information content (AvgIpc) is 3.15. The molecule has 1 saturated carbocycles. The molecule has 9 heteroatoms. The summed E-state index contributed by atoms with van der Waals surface area (Å²) < 4.78 is 42.4. The molecule has 1 spiro atoms. The van der Waals surface area contributed by atoms with E-state index in [4.69, 9.17) is 0 Å². The van der Waals surface area contributed by atoms with E-state index in [1.165, 1.54) is 12.1 Å². The van der Waals surface area contributed by atoms with Gasteiger partial charge in [-0.25, -0.2) is 0 Å². The van der Waals surface area contributed by atoms with Gasteiger partial charge >= 0.3 is 6.18 Å². The molecule has 2 fully saturated rings. The van der Waals surface area contributed by atoms with E-state index in [-0.39, 0.29) is 11.3 Å². The van der Waals surface area contributed by atoms with E-state index in [2.05, 4.69) is 20.1 Å². The zero-order chi connectivity index (χ0) is 23.9. The molecule has 1 aromatic carbocycles. The monoisotopic (exact) mass is 487 g/mol. The lowest BCUT2D eigenvalue weighted by atomic mass is 9.95. The third kappa shape index (κ3) is 4.47. The van der Waals surface area contributed by atoms with Crippen LogP contribution in [0.25, 0.3) is 11.4 Å². The fourth-order valence-electron chi connectivity index (χ4n) is 5.32. The molecule has 34 heavy (non-hydrogen) atoms. The smallest absolute Gasteiger partial charge is 0.305 e. The van der Waals surface area contributed by atoms with Crippen molar-refractivity contribution in [1.82, 2.24) is 24.6 Å². The van der Waals surface area contributed by atoms with Crippen LogP contribution in [-0.2, 0) is 13.2 Å². The highest BCUT2D eigenvalue weighted by atomic mass is 32.2. The SMILES string of the molecule is Cc1ncccc1-c1nnc(SCCCN2CC[C@@]3(C[C@@H]3c3ccccc3C(F)(F)F)C2)n1C. The van der Waals surface area contributed by atoms with Crippen LogP contribution in [0, 0.1) is 12.3 Å². The number of alkyl halides is 3. The second kappa shape index (κ2) is 9.00. The minimum absolute atomic E-state index is 0.0224. The maximum Gasteiger partial charge on any atom is 0.416 e. The number of pyridine rings is 1. The van der Waals surface area contributed by atoms with Crippen molar-refractivity contribution in [3.63, 3.8) is 0 Å². The number of thioether (sulfide) groups is 1. The standard InChI is InChI=1S/C25H28F3N5S/c1-17-18(8-5-11-29-17)22-30-31-23(32(22)2)34-14-6-12-33-13-10-24(16-33)15-21(24)19-7-3-4-9-20(19)25(26,27)28/h3-5,7-9,11,21H,6,10,12-16H2,1-2H3/t21-,24-/m1/s1. The first-order valence-corrected chi connectivity index (χ1v) is 12.6. The van der Waals surface area contributed by atoms with E-state index in [0.29, 0.717) is 5.56 Å². The highest BCUT2D eigenvalue weighted by Crippen LogP contribution is 2.65. The Balaban J connectivity index is 1.13. The fraction of sp³-hybridized carbons (Fsp3) is 0.480. The molecule has 2 aliphatic rings. The molecule has 0 amide bonds. The molecule has 2 aromatic heterocycles. The highest BCUT2D eigenvalue weighted by Gasteiger charge is 2.59. The van der Waals surface area contributed by atoms with Crippen molar-refractivity contribution >= 4 is 11.8 Å². The van der Waals surface area contributed by atoms with E-state index in [1.54, 1.807) is 30.1 Å². The summed E-state index contributed by atoms with van der Waals surface area (Å²) in [6.45, 7) is 4.77. The minimum atomic E-state index is -4.29. The number of aromatic nitrogens is 4. The number of nitrogens with zero attached hydrogens (tertiary/aromatic N) is 5. The summed E-state index contributed by atoms with van der Waals surface area (Å²) in [4.78, 5) is 6.75. The van der Waals surface area contributed by atoms with Crippen LogP contribution in [0.2, 0.25) is 0 Å². The van der Waals surface area contributed by atoms with Crippen molar-refractivity contribution in [2.45, 2.75) is 43.4 Å². The first kappa shape index (κ1) is 23.4. The summed E-state index contributed by atoms with van der Waals surface area (Å²) in [6.07, 6.45) is 0.325. The van der Waals surface area contributed by atoms with E-state index < -0.39 is 11.7 Å². The van der Waals surface area contributed by atoms with E-state index in [1.807, 2.05) is 30.7 Å². The van der Waals surface area contributed by atoms with Crippen LogP contribution in [0.15, 0.2) is 47.8 Å². The van der Waals surface area contributed by atoms with Crippen LogP contribution in [0.1, 0.15) is 42.0 Å². The Morgan fingerprint density at radius 2 is 1.97 bits per heavy atom. The zero-order valence-corrected chi connectivity index (χ0v) is 20.2. The number of benzene rings is 1. The molecule has 0 unspecified atom stereocenters. The first-order valence-electron chi connectivity index (χ1n) is 11.6. The van der Waals surface area contributed by atoms with Crippen LogP contribution in [0.4, 0.5) is 13.2 Å². The molecule has 3 heterocycles. The minimum Gasteiger partial charge on any atom is -0.305 e. The van der Waals surface area contributed by atoms with Gasteiger partial charge in [0, 0.05) is 36.8 Å². The van der Waals surface area contributed by atoms with E-state index in [0.717, 1.165) is 66.9 Å². The van der Waals surface area contributed by atoms with Gasteiger partial charge in [0.05, 0.1) is 5.56 Å². The molecule has 2 atom stereocenters. The predicted octanol–water partition coefficient (Wildman–Crippen LogP) is 5.57. The number of halogens is 3. The molecule has 180 valence electrons. The second-order valence-electron chi connectivity index (χ2n) is 9.43. The van der Waals surface area contributed by atoms with E-state index >= 15 is 0 Å². The van der Waals surface area contributed by atoms with Crippen molar-refractivity contribution in [3.8, 4) is 11.4 Å². The van der Waals surface area contributed by atoms with Crippen molar-refractivity contribution < 1.29 is 13.2 Å². The van der Waals surface area contributed by atoms with Gasteiger partial charge in [-0.2, -0.15) is 13.2 Å². The number of aryl methyl sites for hydroxylation is 1. The van der Waals surface area contributed by atoms with Crippen LogP contribution in [0.5, 0.6) is 0 Å². The Bertz CT molecular complexity index is 1180. The Morgan fingerprint density at radius 1 is 1.15 bits per heavy atom. The first-order chi connectivity index (χ1) is 16.3. The van der Waals surface area contributed by atoms with Gasteiger partial charge in [0.1, 0.15) is 0 Å². The van der Waals surface area contributed by atoms with Crippen molar-refractivity contribution in [3.05, 3.63) is 59.4 Å². The van der Waals surface area contributed by atoms with Gasteiger partial charge in [-0.3, -0.25) is 4.98 Å². The van der Waals surface area contributed by atoms with Crippen molar-refractivity contribution in [1.29, 1.82) is 0 Å². The largest absolute Gasteiger partial charge is 0.416 e. The summed E-state index contributed by atoms with van der Waals surface area (Å²) in [6, 6.07) is 10.0. The maximum atomic E-state index is 13.5.